The van der Waals surface area contributed by atoms with Crippen molar-refractivity contribution in [3.8, 4) is 45.2 Å². The topological polar surface area (TPSA) is 58.5 Å². The largest absolute Gasteiger partial charge is 0.436 e. The number of oxazole rings is 2. The molecule has 6 nitrogen and oxygen atoms in total. The van der Waals surface area contributed by atoms with Crippen LogP contribution in [0.25, 0.3) is 110 Å². The van der Waals surface area contributed by atoms with Crippen LogP contribution < -0.4 is 9.80 Å². The number of hydrogen-bond donors (Lipinski definition) is 0. The van der Waals surface area contributed by atoms with Crippen LogP contribution in [-0.4, -0.2) is 9.97 Å². The Bertz CT molecular complexity index is 4910. The van der Waals surface area contributed by atoms with Gasteiger partial charge in [0.05, 0.1) is 11.4 Å². The zero-order valence-corrected chi connectivity index (χ0v) is 44.5. The van der Waals surface area contributed by atoms with Gasteiger partial charge in [-0.15, -0.1) is 0 Å². The van der Waals surface area contributed by atoms with Gasteiger partial charge in [-0.05, 0) is 181 Å². The lowest BCUT2D eigenvalue weighted by Gasteiger charge is -2.29. The average Bonchev–Trinajstić information content (AvgIpc) is 4.40. The molecule has 1 aliphatic rings. The molecule has 0 bridgehead atoms. The molecule has 81 heavy (non-hydrogen) atoms. The second kappa shape index (κ2) is 18.3. The fourth-order valence-corrected chi connectivity index (χ4v) is 12.6. The fourth-order valence-electron chi connectivity index (χ4n) is 12.6. The lowest BCUT2D eigenvalue weighted by Crippen LogP contribution is -2.17. The highest BCUT2D eigenvalue weighted by Crippen LogP contribution is 2.53. The van der Waals surface area contributed by atoms with Gasteiger partial charge in [0.25, 0.3) is 0 Å². The fraction of sp³-hybridized carbons (Fsp3) is 0.0400. The number of fused-ring (bicyclic) bond motifs is 11. The normalized spacial score (nSPS) is 12.7. The van der Waals surface area contributed by atoms with Crippen molar-refractivity contribution in [2.45, 2.75) is 19.3 Å². The molecular formula is C75H50N4O2. The second-order valence-electron chi connectivity index (χ2n) is 21.7. The zero-order chi connectivity index (χ0) is 53.8. The molecule has 382 valence electrons. The number of aromatic nitrogens is 2. The van der Waals surface area contributed by atoms with Crippen molar-refractivity contribution < 1.29 is 8.83 Å². The van der Waals surface area contributed by atoms with Crippen LogP contribution in [0, 0.1) is 0 Å². The van der Waals surface area contributed by atoms with Gasteiger partial charge in [-0.2, -0.15) is 0 Å². The van der Waals surface area contributed by atoms with E-state index in [2.05, 4.69) is 242 Å². The molecule has 1 aliphatic carbocycles. The van der Waals surface area contributed by atoms with E-state index in [1.54, 1.807) is 0 Å². The number of benzene rings is 13. The molecule has 0 N–H and O–H groups in total. The van der Waals surface area contributed by atoms with Crippen molar-refractivity contribution in [1.82, 2.24) is 9.97 Å². The number of para-hydroxylation sites is 4. The van der Waals surface area contributed by atoms with Crippen LogP contribution in [0.3, 0.4) is 0 Å². The highest BCUT2D eigenvalue weighted by molar-refractivity contribution is 6.16. The van der Waals surface area contributed by atoms with Crippen molar-refractivity contribution in [2.75, 3.05) is 9.80 Å². The third kappa shape index (κ3) is 7.63. The molecule has 0 radical (unpaired) electrons. The number of anilines is 6. The third-order valence-corrected chi connectivity index (χ3v) is 16.7. The van der Waals surface area contributed by atoms with Crippen LogP contribution in [0.1, 0.15) is 25.0 Å². The predicted molar refractivity (Wildman–Crippen MR) is 335 cm³/mol. The van der Waals surface area contributed by atoms with Gasteiger partial charge in [0, 0.05) is 50.1 Å². The maximum absolute atomic E-state index is 6.23. The predicted octanol–water partition coefficient (Wildman–Crippen LogP) is 20.8. The summed E-state index contributed by atoms with van der Waals surface area (Å²) in [6, 6.07) is 95.8. The Hall–Kier alpha value is -10.6. The average molecular weight is 1040 g/mol. The zero-order valence-electron chi connectivity index (χ0n) is 44.5. The lowest BCUT2D eigenvalue weighted by atomic mass is 9.81. The smallest absolute Gasteiger partial charge is 0.227 e. The van der Waals surface area contributed by atoms with Crippen LogP contribution in [-0.2, 0) is 5.41 Å². The van der Waals surface area contributed by atoms with E-state index >= 15 is 0 Å². The molecule has 0 unspecified atom stereocenters. The molecule has 2 aromatic heterocycles. The van der Waals surface area contributed by atoms with Gasteiger partial charge < -0.3 is 18.6 Å². The van der Waals surface area contributed by atoms with Gasteiger partial charge >= 0.3 is 0 Å². The van der Waals surface area contributed by atoms with E-state index in [4.69, 9.17) is 18.8 Å². The molecule has 15 aromatic rings. The maximum atomic E-state index is 6.23. The molecule has 0 atom stereocenters. The van der Waals surface area contributed by atoms with Crippen molar-refractivity contribution in [3.63, 3.8) is 0 Å². The minimum absolute atomic E-state index is 0.303. The highest BCUT2D eigenvalue weighted by atomic mass is 16.4. The van der Waals surface area contributed by atoms with Gasteiger partial charge in [0.15, 0.2) is 11.2 Å². The molecule has 0 fully saturated rings. The standard InChI is InChI=1S/C75H50N4O2/c1-75(2)65-43-50(47-27-34-53(35-28-47)78(69-44-51-15-3-5-17-57(51)59-19-7-9-21-63(59)69)54-36-29-48(30-37-54)73-76-67-23-11-13-25-71(67)80-73)33-41-61(65)62-42-40-56(46-66(62)75)79(70-45-52-16-4-6-18-58(52)60-20-8-10-22-64(60)70)55-38-31-49(32-39-55)74-77-68-24-12-14-26-72(68)81-74/h3-46H,1-2H3. The van der Waals surface area contributed by atoms with Crippen LogP contribution in [0.2, 0.25) is 0 Å². The van der Waals surface area contributed by atoms with Crippen molar-refractivity contribution in [2.24, 2.45) is 0 Å². The number of hydrogen-bond acceptors (Lipinski definition) is 6. The van der Waals surface area contributed by atoms with Gasteiger partial charge in [-0.3, -0.25) is 0 Å². The molecule has 0 spiro atoms. The Balaban J connectivity index is 0.771. The minimum Gasteiger partial charge on any atom is -0.436 e. The minimum atomic E-state index is -0.303. The number of nitrogens with zero attached hydrogens (tertiary/aromatic N) is 4. The first-order chi connectivity index (χ1) is 39.9. The van der Waals surface area contributed by atoms with E-state index in [0.29, 0.717) is 11.8 Å². The summed E-state index contributed by atoms with van der Waals surface area (Å²) in [5.74, 6) is 1.21. The van der Waals surface area contributed by atoms with Gasteiger partial charge in [0.1, 0.15) is 11.0 Å². The quantitative estimate of drug-likeness (QED) is 0.134. The lowest BCUT2D eigenvalue weighted by molar-refractivity contribution is 0.619. The van der Waals surface area contributed by atoms with Gasteiger partial charge in [-0.1, -0.05) is 166 Å². The second-order valence-corrected chi connectivity index (χ2v) is 21.7. The number of rotatable bonds is 9. The Morgan fingerprint density at radius 2 is 0.679 bits per heavy atom. The summed E-state index contributed by atoms with van der Waals surface area (Å²) in [7, 11) is 0. The van der Waals surface area contributed by atoms with Gasteiger partial charge in [-0.25, -0.2) is 9.97 Å². The van der Waals surface area contributed by atoms with E-state index in [0.717, 1.165) is 73.0 Å². The summed E-state index contributed by atoms with van der Waals surface area (Å²) in [5.41, 5.74) is 18.7. The molecular weight excluding hydrogens is 989 g/mol. The first-order valence-electron chi connectivity index (χ1n) is 27.6. The summed E-state index contributed by atoms with van der Waals surface area (Å²) in [6.07, 6.45) is 0. The first kappa shape index (κ1) is 46.5. The summed E-state index contributed by atoms with van der Waals surface area (Å²) in [6.45, 7) is 4.75. The van der Waals surface area contributed by atoms with E-state index < -0.39 is 0 Å². The highest BCUT2D eigenvalue weighted by Gasteiger charge is 2.37. The van der Waals surface area contributed by atoms with Crippen LogP contribution in [0.4, 0.5) is 34.1 Å². The molecule has 6 heteroatoms. The van der Waals surface area contributed by atoms with Gasteiger partial charge in [0.2, 0.25) is 11.8 Å². The third-order valence-electron chi connectivity index (χ3n) is 16.7. The first-order valence-corrected chi connectivity index (χ1v) is 27.6. The van der Waals surface area contributed by atoms with E-state index in [1.165, 1.54) is 70.9 Å². The Labute approximate surface area is 468 Å². The SMILES string of the molecule is CC1(C)c2cc(-c3ccc(N(c4ccc(-c5nc6ccccc6o5)cc4)c4cc5ccccc5c5ccccc45)cc3)ccc2-c2ccc(N(c3ccc(-c4nc5ccccc5o4)cc3)c3cc4ccccc4c4ccccc34)cc21. The van der Waals surface area contributed by atoms with Crippen molar-refractivity contribution in [1.29, 1.82) is 0 Å². The Morgan fingerprint density at radius 1 is 0.309 bits per heavy atom. The monoisotopic (exact) mass is 1040 g/mol. The molecule has 0 saturated carbocycles. The van der Waals surface area contributed by atoms with E-state index in [-0.39, 0.29) is 5.41 Å². The maximum Gasteiger partial charge on any atom is 0.227 e. The summed E-state index contributed by atoms with van der Waals surface area (Å²) in [4.78, 5) is 14.4. The summed E-state index contributed by atoms with van der Waals surface area (Å²) < 4.78 is 12.4. The van der Waals surface area contributed by atoms with E-state index in [1.807, 2.05) is 48.5 Å². The summed E-state index contributed by atoms with van der Waals surface area (Å²) >= 11 is 0. The molecule has 0 aliphatic heterocycles. The van der Waals surface area contributed by atoms with Crippen molar-refractivity contribution >= 4 is 99.4 Å². The van der Waals surface area contributed by atoms with E-state index in [9.17, 15) is 0 Å². The molecule has 0 saturated heterocycles. The molecule has 16 rings (SSSR count). The van der Waals surface area contributed by atoms with Crippen molar-refractivity contribution in [3.05, 3.63) is 278 Å². The Morgan fingerprint density at radius 3 is 1.17 bits per heavy atom. The molecule has 13 aromatic carbocycles. The molecule has 0 amide bonds. The Kier molecular flexibility index (Phi) is 10.5. The summed E-state index contributed by atoms with van der Waals surface area (Å²) in [5, 5.41) is 9.63. The van der Waals surface area contributed by atoms with Crippen LogP contribution in [0.5, 0.6) is 0 Å². The van der Waals surface area contributed by atoms with Crippen LogP contribution in [0.15, 0.2) is 276 Å². The molecule has 2 heterocycles. The van der Waals surface area contributed by atoms with Crippen LogP contribution >= 0.6 is 0 Å².